The van der Waals surface area contributed by atoms with E-state index < -0.39 is 15.1 Å². The van der Waals surface area contributed by atoms with Gasteiger partial charge >= 0.3 is 0 Å². The molecule has 0 aromatic heterocycles. The molecule has 0 fully saturated rings. The Labute approximate surface area is 106 Å². The van der Waals surface area contributed by atoms with E-state index in [0.717, 1.165) is 6.26 Å². The molecule has 92 valence electrons. The number of hydrogen-bond donors (Lipinski definition) is 0. The van der Waals surface area contributed by atoms with Gasteiger partial charge in [0.2, 0.25) is 0 Å². The molecular weight excluding hydrogens is 260 g/mol. The lowest BCUT2D eigenvalue weighted by Crippen LogP contribution is -2.05. The molecule has 17 heavy (non-hydrogen) atoms. The second kappa shape index (κ2) is 4.63. The van der Waals surface area contributed by atoms with Crippen molar-refractivity contribution < 1.29 is 13.2 Å². The summed E-state index contributed by atoms with van der Waals surface area (Å²) in [6.45, 7) is 7.15. The summed E-state index contributed by atoms with van der Waals surface area (Å²) in [6, 6.07) is 2.93. The van der Waals surface area contributed by atoms with E-state index in [1.807, 2.05) is 0 Å². The number of hydrogen-bond acceptors (Lipinski definition) is 3. The minimum absolute atomic E-state index is 0.0830. The first-order chi connectivity index (χ1) is 7.64. The molecular formula is C12H13ClO3S. The third kappa shape index (κ3) is 2.96. The van der Waals surface area contributed by atoms with Gasteiger partial charge < -0.3 is 0 Å². The maximum Gasteiger partial charge on any atom is 0.252 e. The number of halogens is 1. The molecule has 5 heteroatoms. The van der Waals surface area contributed by atoms with Gasteiger partial charge in [-0.3, -0.25) is 4.79 Å². The Balaban J connectivity index is 3.72. The standard InChI is InChI=1S/C12H13ClO3S/c1-7(2)9-5-8(3)10(12(13)14)6-11(9)17(4,15)16/h5-6H,1H2,2-4H3. The summed E-state index contributed by atoms with van der Waals surface area (Å²) < 4.78 is 23.3. The molecule has 1 rings (SSSR count). The molecule has 0 saturated heterocycles. The predicted octanol–water partition coefficient (Wildman–Crippen LogP) is 2.81. The zero-order valence-corrected chi connectivity index (χ0v) is 11.4. The highest BCUT2D eigenvalue weighted by Crippen LogP contribution is 2.26. The molecule has 0 spiro atoms. The molecule has 0 saturated carbocycles. The highest BCUT2D eigenvalue weighted by Gasteiger charge is 2.18. The molecule has 0 aliphatic carbocycles. The van der Waals surface area contributed by atoms with Gasteiger partial charge in [0.05, 0.1) is 4.90 Å². The van der Waals surface area contributed by atoms with Crippen LogP contribution in [0.15, 0.2) is 23.6 Å². The van der Waals surface area contributed by atoms with Gasteiger partial charge in [-0.05, 0) is 54.3 Å². The van der Waals surface area contributed by atoms with Gasteiger partial charge in [-0.2, -0.15) is 0 Å². The monoisotopic (exact) mass is 272 g/mol. The quantitative estimate of drug-likeness (QED) is 0.795. The number of benzene rings is 1. The first-order valence-electron chi connectivity index (χ1n) is 4.85. The smallest absolute Gasteiger partial charge is 0.252 e. The number of aryl methyl sites for hydroxylation is 1. The molecule has 0 amide bonds. The van der Waals surface area contributed by atoms with Gasteiger partial charge in [0.25, 0.3) is 5.24 Å². The third-order valence-corrected chi connectivity index (χ3v) is 3.74. The average molecular weight is 273 g/mol. The van der Waals surface area contributed by atoms with Crippen LogP contribution in [-0.2, 0) is 9.84 Å². The SMILES string of the molecule is C=C(C)c1cc(C)c(C(=O)Cl)cc1S(C)(=O)=O. The van der Waals surface area contributed by atoms with Crippen molar-refractivity contribution in [2.45, 2.75) is 18.7 Å². The van der Waals surface area contributed by atoms with Crippen LogP contribution in [-0.4, -0.2) is 19.9 Å². The van der Waals surface area contributed by atoms with Crippen LogP contribution in [0.2, 0.25) is 0 Å². The van der Waals surface area contributed by atoms with Crippen LogP contribution in [0.1, 0.15) is 28.4 Å². The molecule has 0 aliphatic rings. The zero-order chi connectivity index (χ0) is 13.4. The zero-order valence-electron chi connectivity index (χ0n) is 9.87. The minimum atomic E-state index is -3.42. The van der Waals surface area contributed by atoms with Gasteiger partial charge in [0.1, 0.15) is 0 Å². The summed E-state index contributed by atoms with van der Waals surface area (Å²) in [6.07, 6.45) is 1.09. The fourth-order valence-electron chi connectivity index (χ4n) is 1.54. The largest absolute Gasteiger partial charge is 0.276 e. The molecule has 0 atom stereocenters. The fraction of sp³-hybridized carbons (Fsp3) is 0.250. The van der Waals surface area contributed by atoms with Crippen molar-refractivity contribution >= 4 is 32.3 Å². The summed E-state index contributed by atoms with van der Waals surface area (Å²) in [7, 11) is -3.42. The Morgan fingerprint density at radius 1 is 1.29 bits per heavy atom. The molecule has 0 unspecified atom stereocenters. The van der Waals surface area contributed by atoms with Crippen molar-refractivity contribution in [3.05, 3.63) is 35.4 Å². The molecule has 1 aromatic carbocycles. The van der Waals surface area contributed by atoms with Crippen LogP contribution in [0, 0.1) is 6.92 Å². The maximum atomic E-state index is 11.6. The Hall–Kier alpha value is -1.13. The Morgan fingerprint density at radius 3 is 2.18 bits per heavy atom. The van der Waals surface area contributed by atoms with E-state index in [0.29, 0.717) is 16.7 Å². The molecule has 0 aliphatic heterocycles. The van der Waals surface area contributed by atoms with E-state index in [4.69, 9.17) is 11.6 Å². The van der Waals surface area contributed by atoms with Crippen LogP contribution < -0.4 is 0 Å². The van der Waals surface area contributed by atoms with Gasteiger partial charge in [-0.25, -0.2) is 8.42 Å². The van der Waals surface area contributed by atoms with Crippen molar-refractivity contribution in [1.82, 2.24) is 0 Å². The van der Waals surface area contributed by atoms with Crippen LogP contribution in [0.3, 0.4) is 0 Å². The molecule has 1 aromatic rings. The first kappa shape index (κ1) is 13.9. The van der Waals surface area contributed by atoms with E-state index in [2.05, 4.69) is 6.58 Å². The van der Waals surface area contributed by atoms with E-state index in [-0.39, 0.29) is 10.5 Å². The summed E-state index contributed by atoms with van der Waals surface area (Å²) in [5.41, 5.74) is 1.99. The van der Waals surface area contributed by atoms with Crippen LogP contribution in [0.25, 0.3) is 5.57 Å². The minimum Gasteiger partial charge on any atom is -0.276 e. The van der Waals surface area contributed by atoms with Crippen molar-refractivity contribution in [3.63, 3.8) is 0 Å². The predicted molar refractivity (Wildman–Crippen MR) is 69.2 cm³/mol. The third-order valence-electron chi connectivity index (χ3n) is 2.40. The molecule has 0 N–H and O–H groups in total. The van der Waals surface area contributed by atoms with Crippen LogP contribution in [0.4, 0.5) is 0 Å². The van der Waals surface area contributed by atoms with Crippen LogP contribution >= 0.6 is 11.6 Å². The lowest BCUT2D eigenvalue weighted by atomic mass is 10.0. The summed E-state index contributed by atoms with van der Waals surface area (Å²) in [5, 5.41) is -0.666. The van der Waals surface area contributed by atoms with E-state index in [1.54, 1.807) is 19.9 Å². The van der Waals surface area contributed by atoms with Crippen LogP contribution in [0.5, 0.6) is 0 Å². The van der Waals surface area contributed by atoms with Gasteiger partial charge in [-0.15, -0.1) is 0 Å². The van der Waals surface area contributed by atoms with Crippen molar-refractivity contribution in [3.8, 4) is 0 Å². The Kier molecular flexibility index (Phi) is 3.79. The fourth-order valence-corrected chi connectivity index (χ4v) is 2.71. The summed E-state index contributed by atoms with van der Waals surface area (Å²) in [5.74, 6) is 0. The number of allylic oxidation sites excluding steroid dienone is 1. The van der Waals surface area contributed by atoms with Gasteiger partial charge in [0.15, 0.2) is 9.84 Å². The van der Waals surface area contributed by atoms with E-state index in [9.17, 15) is 13.2 Å². The summed E-state index contributed by atoms with van der Waals surface area (Å²) in [4.78, 5) is 11.3. The highest BCUT2D eigenvalue weighted by molar-refractivity contribution is 7.90. The van der Waals surface area contributed by atoms with Crippen molar-refractivity contribution in [2.75, 3.05) is 6.26 Å². The Morgan fingerprint density at radius 2 is 1.82 bits per heavy atom. The first-order valence-corrected chi connectivity index (χ1v) is 7.12. The van der Waals surface area contributed by atoms with Crippen molar-refractivity contribution in [2.24, 2.45) is 0 Å². The topological polar surface area (TPSA) is 51.2 Å². The number of sulfone groups is 1. The molecule has 0 radical (unpaired) electrons. The Bertz CT molecular complexity index is 600. The highest BCUT2D eigenvalue weighted by atomic mass is 35.5. The molecule has 3 nitrogen and oxygen atoms in total. The summed E-state index contributed by atoms with van der Waals surface area (Å²) >= 11 is 5.41. The second-order valence-electron chi connectivity index (χ2n) is 3.99. The van der Waals surface area contributed by atoms with E-state index in [1.165, 1.54) is 6.07 Å². The number of rotatable bonds is 3. The van der Waals surface area contributed by atoms with Gasteiger partial charge in [0, 0.05) is 11.8 Å². The molecule has 0 bridgehead atoms. The average Bonchev–Trinajstić information content (AvgIpc) is 2.14. The van der Waals surface area contributed by atoms with Crippen molar-refractivity contribution in [1.29, 1.82) is 0 Å². The lowest BCUT2D eigenvalue weighted by molar-refractivity contribution is 0.108. The maximum absolute atomic E-state index is 11.6. The number of carbonyl (C=O) groups excluding carboxylic acids is 1. The van der Waals surface area contributed by atoms with E-state index >= 15 is 0 Å². The lowest BCUT2D eigenvalue weighted by Gasteiger charge is -2.11. The van der Waals surface area contributed by atoms with Gasteiger partial charge in [-0.1, -0.05) is 6.58 Å². The normalized spacial score (nSPS) is 11.3. The number of carbonyl (C=O) groups is 1. The molecule has 0 heterocycles. The second-order valence-corrected chi connectivity index (χ2v) is 6.32.